The third-order valence-corrected chi connectivity index (χ3v) is 3.39. The van der Waals surface area contributed by atoms with E-state index >= 15 is 0 Å². The lowest BCUT2D eigenvalue weighted by molar-refractivity contribution is -0.138. The van der Waals surface area contributed by atoms with E-state index in [4.69, 9.17) is 21.4 Å². The molecule has 0 aliphatic rings. The molecule has 1 aromatic heterocycles. The van der Waals surface area contributed by atoms with Gasteiger partial charge in [0.15, 0.2) is 5.13 Å². The lowest BCUT2D eigenvalue weighted by atomic mass is 10.1. The third-order valence-electron chi connectivity index (χ3n) is 2.62. The summed E-state index contributed by atoms with van der Waals surface area (Å²) in [5, 5.41) is 31.6. The number of carboxylic acids is 1. The predicted octanol–water partition coefficient (Wildman–Crippen LogP) is 1.71. The molecule has 0 bridgehead atoms. The number of carbonyl (C=O) groups is 1. The van der Waals surface area contributed by atoms with Crippen LogP contribution in [0.3, 0.4) is 0 Å². The van der Waals surface area contributed by atoms with E-state index in [9.17, 15) is 4.79 Å². The van der Waals surface area contributed by atoms with E-state index in [1.807, 2.05) is 12.1 Å². The van der Waals surface area contributed by atoms with E-state index in [1.54, 1.807) is 11.4 Å². The highest BCUT2D eigenvalue weighted by atomic mass is 32.1. The first kappa shape index (κ1) is 14.5. The third kappa shape index (κ3) is 3.15. The van der Waals surface area contributed by atoms with E-state index in [2.05, 4.69) is 10.3 Å². The molecule has 0 saturated carbocycles. The number of rotatable bonds is 4. The first-order chi connectivity index (χ1) is 10.0. The molecule has 0 fully saturated rings. The Morgan fingerprint density at radius 1 is 1.38 bits per heavy atom. The predicted molar refractivity (Wildman–Crippen MR) is 75.8 cm³/mol. The van der Waals surface area contributed by atoms with E-state index in [-0.39, 0.29) is 16.8 Å². The van der Waals surface area contributed by atoms with Crippen LogP contribution in [0, 0.1) is 22.7 Å². The molecule has 1 heterocycles. The number of hydrogen-bond donors (Lipinski definition) is 3. The first-order valence-electron chi connectivity index (χ1n) is 5.70. The zero-order valence-electron chi connectivity index (χ0n) is 10.6. The van der Waals surface area contributed by atoms with E-state index in [0.717, 1.165) is 0 Å². The number of anilines is 2. The summed E-state index contributed by atoms with van der Waals surface area (Å²) < 4.78 is 0. The average Bonchev–Trinajstić information content (AvgIpc) is 2.94. The van der Waals surface area contributed by atoms with Crippen molar-refractivity contribution in [3.8, 4) is 12.1 Å². The summed E-state index contributed by atoms with van der Waals surface area (Å²) in [5.74, 6) is -1.16. The highest BCUT2D eigenvalue weighted by molar-refractivity contribution is 7.13. The van der Waals surface area contributed by atoms with Crippen molar-refractivity contribution in [3.63, 3.8) is 0 Å². The Morgan fingerprint density at radius 2 is 2.10 bits per heavy atom. The van der Waals surface area contributed by atoms with Crippen molar-refractivity contribution in [2.75, 3.05) is 5.32 Å². The van der Waals surface area contributed by atoms with Gasteiger partial charge in [0.1, 0.15) is 18.2 Å². The van der Waals surface area contributed by atoms with E-state index in [0.29, 0.717) is 10.8 Å². The summed E-state index contributed by atoms with van der Waals surface area (Å²) in [6.45, 7) is 0. The molecule has 1 unspecified atom stereocenters. The number of aromatic nitrogens is 1. The molecule has 0 saturated heterocycles. The molecule has 0 spiro atoms. The van der Waals surface area contributed by atoms with Crippen molar-refractivity contribution in [3.05, 3.63) is 40.4 Å². The van der Waals surface area contributed by atoms with Gasteiger partial charge in [0.05, 0.1) is 16.8 Å². The highest BCUT2D eigenvalue weighted by Gasteiger charge is 2.17. The minimum Gasteiger partial charge on any atom is -0.480 e. The lowest BCUT2D eigenvalue weighted by Crippen LogP contribution is -2.20. The Hall–Kier alpha value is -2.94. The second kappa shape index (κ2) is 6.01. The molecule has 8 heteroatoms. The molecule has 0 radical (unpaired) electrons. The van der Waals surface area contributed by atoms with Crippen LogP contribution >= 0.6 is 11.3 Å². The monoisotopic (exact) mass is 299 g/mol. The largest absolute Gasteiger partial charge is 0.480 e. The minimum atomic E-state index is -1.17. The fourth-order valence-corrected chi connectivity index (χ4v) is 2.31. The van der Waals surface area contributed by atoms with Gasteiger partial charge in [-0.2, -0.15) is 10.5 Å². The molecule has 1 atom stereocenters. The number of nitriles is 2. The number of carboxylic acid groups (broad SMARTS) is 1. The van der Waals surface area contributed by atoms with Gasteiger partial charge < -0.3 is 16.2 Å². The van der Waals surface area contributed by atoms with Crippen LogP contribution in [-0.4, -0.2) is 16.1 Å². The molecule has 1 aromatic carbocycles. The second-order valence-electron chi connectivity index (χ2n) is 4.00. The van der Waals surface area contributed by atoms with Gasteiger partial charge in [-0.15, -0.1) is 11.3 Å². The zero-order chi connectivity index (χ0) is 15.4. The summed E-state index contributed by atoms with van der Waals surface area (Å²) >= 11 is 1.20. The van der Waals surface area contributed by atoms with Gasteiger partial charge in [-0.25, -0.2) is 4.98 Å². The normalized spacial score (nSPS) is 11.2. The number of nitrogens with zero attached hydrogens (tertiary/aromatic N) is 3. The van der Waals surface area contributed by atoms with Crippen LogP contribution in [0.15, 0.2) is 23.6 Å². The molecule has 0 aliphatic heterocycles. The van der Waals surface area contributed by atoms with Crippen molar-refractivity contribution in [1.82, 2.24) is 4.98 Å². The van der Waals surface area contributed by atoms with E-state index < -0.39 is 12.0 Å². The fourth-order valence-electron chi connectivity index (χ4n) is 1.55. The number of hydrogen-bond acceptors (Lipinski definition) is 7. The Labute approximate surface area is 123 Å². The summed E-state index contributed by atoms with van der Waals surface area (Å²) in [4.78, 5) is 14.9. The first-order valence-corrected chi connectivity index (χ1v) is 6.58. The fraction of sp³-hybridized carbons (Fsp3) is 0.0769. The number of aliphatic carboxylic acids is 1. The smallest absolute Gasteiger partial charge is 0.326 e. The second-order valence-corrected chi connectivity index (χ2v) is 4.86. The molecule has 2 rings (SSSR count). The van der Waals surface area contributed by atoms with Crippen LogP contribution in [0.2, 0.25) is 0 Å². The molecule has 2 aromatic rings. The van der Waals surface area contributed by atoms with Crippen molar-refractivity contribution < 1.29 is 9.90 Å². The molecule has 0 amide bonds. The van der Waals surface area contributed by atoms with Crippen molar-refractivity contribution in [2.45, 2.75) is 6.04 Å². The van der Waals surface area contributed by atoms with Crippen LogP contribution in [0.1, 0.15) is 22.9 Å². The quantitative estimate of drug-likeness (QED) is 0.781. The topological polar surface area (TPSA) is 136 Å². The van der Waals surface area contributed by atoms with Gasteiger partial charge in [-0.1, -0.05) is 0 Å². The van der Waals surface area contributed by atoms with Gasteiger partial charge in [0.2, 0.25) is 0 Å². The minimum absolute atomic E-state index is 0.251. The summed E-state index contributed by atoms with van der Waals surface area (Å²) in [6.07, 6.45) is 0. The maximum Gasteiger partial charge on any atom is 0.326 e. The molecular formula is C13H9N5O2S. The van der Waals surface area contributed by atoms with Crippen LogP contribution < -0.4 is 11.1 Å². The van der Waals surface area contributed by atoms with Crippen LogP contribution in [-0.2, 0) is 4.79 Å². The highest BCUT2D eigenvalue weighted by Crippen LogP contribution is 2.24. The molecule has 21 heavy (non-hydrogen) atoms. The van der Waals surface area contributed by atoms with Gasteiger partial charge in [-0.05, 0) is 18.2 Å². The Balaban J connectivity index is 2.22. The number of nitrogens with two attached hydrogens (primary N) is 1. The Morgan fingerprint density at radius 3 is 2.71 bits per heavy atom. The lowest BCUT2D eigenvalue weighted by Gasteiger charge is -2.04. The summed E-state index contributed by atoms with van der Waals surface area (Å²) in [7, 11) is 0. The Kier molecular flexibility index (Phi) is 4.14. The average molecular weight is 299 g/mol. The van der Waals surface area contributed by atoms with Gasteiger partial charge in [0.25, 0.3) is 0 Å². The maximum atomic E-state index is 10.8. The number of nitrogens with one attached hydrogen (secondary N) is 1. The van der Waals surface area contributed by atoms with E-state index in [1.165, 1.54) is 23.5 Å². The van der Waals surface area contributed by atoms with Gasteiger partial charge in [0, 0.05) is 11.1 Å². The molecule has 4 N–H and O–H groups in total. The van der Waals surface area contributed by atoms with Gasteiger partial charge in [-0.3, -0.25) is 4.79 Å². The number of thiazole rings is 1. The number of benzene rings is 1. The molecule has 0 aliphatic carbocycles. The van der Waals surface area contributed by atoms with Crippen LogP contribution in [0.25, 0.3) is 0 Å². The van der Waals surface area contributed by atoms with Crippen molar-refractivity contribution >= 4 is 28.1 Å². The molecule has 7 nitrogen and oxygen atoms in total. The summed E-state index contributed by atoms with van der Waals surface area (Å²) in [6, 6.07) is 7.37. The maximum absolute atomic E-state index is 10.8. The van der Waals surface area contributed by atoms with Crippen molar-refractivity contribution in [1.29, 1.82) is 10.5 Å². The zero-order valence-corrected chi connectivity index (χ0v) is 11.4. The Bertz CT molecular complexity index is 772. The molecule has 104 valence electrons. The summed E-state index contributed by atoms with van der Waals surface area (Å²) in [5.41, 5.74) is 6.84. The van der Waals surface area contributed by atoms with Gasteiger partial charge >= 0.3 is 5.97 Å². The standard InChI is InChI=1S/C13H9N5O2S/c14-4-7-1-2-9(3-8(7)5-15)17-13-18-10(6-21-13)11(16)12(19)20/h1-3,6,11H,16H2,(H,17,18)(H,19,20). The van der Waals surface area contributed by atoms with Crippen LogP contribution in [0.4, 0.5) is 10.8 Å². The SMILES string of the molecule is N#Cc1ccc(Nc2nc(C(N)C(=O)O)cs2)cc1C#N. The van der Waals surface area contributed by atoms with Crippen LogP contribution in [0.5, 0.6) is 0 Å². The van der Waals surface area contributed by atoms with Crippen molar-refractivity contribution in [2.24, 2.45) is 5.73 Å². The molecular weight excluding hydrogens is 290 g/mol.